The number of nitrogens with zero attached hydrogens (tertiary/aromatic N) is 2. The zero-order valence-corrected chi connectivity index (χ0v) is 12.3. The van der Waals surface area contributed by atoms with Crippen LogP contribution in [0.15, 0.2) is 11.1 Å². The largest absolute Gasteiger partial charge is 0.315 e. The van der Waals surface area contributed by atoms with Gasteiger partial charge < -0.3 is 5.32 Å². The lowest BCUT2D eigenvalue weighted by Gasteiger charge is -2.11. The van der Waals surface area contributed by atoms with Crippen LogP contribution in [-0.2, 0) is 7.05 Å². The molecule has 17 heavy (non-hydrogen) atoms. The Kier molecular flexibility index (Phi) is 6.66. The van der Waals surface area contributed by atoms with Gasteiger partial charge in [-0.1, -0.05) is 13.3 Å². The highest BCUT2D eigenvalue weighted by Gasteiger charge is 2.03. The Bertz CT molecular complexity index is 322. The fourth-order valence-electron chi connectivity index (χ4n) is 1.90. The Balaban J connectivity index is 2.10. The normalized spacial score (nSPS) is 12.9. The van der Waals surface area contributed by atoms with Gasteiger partial charge in [-0.15, -0.1) is 11.8 Å². The van der Waals surface area contributed by atoms with E-state index in [1.54, 1.807) is 0 Å². The number of aromatic nitrogens is 2. The standard InChI is InChI=1S/C13H25N3S/c1-5-14-11(2)8-6-7-9-17-13-10-12(3)15-16(13)4/h10-11,14H,5-9H2,1-4H3. The number of hydrogen-bond acceptors (Lipinski definition) is 3. The summed E-state index contributed by atoms with van der Waals surface area (Å²) >= 11 is 1.91. The molecule has 98 valence electrons. The van der Waals surface area contributed by atoms with Crippen LogP contribution in [0.1, 0.15) is 38.8 Å². The third-order valence-electron chi connectivity index (χ3n) is 2.79. The maximum Gasteiger partial charge on any atom is 0.0939 e. The van der Waals surface area contributed by atoms with Gasteiger partial charge in [0.05, 0.1) is 10.7 Å². The molecule has 3 nitrogen and oxygen atoms in total. The van der Waals surface area contributed by atoms with Crippen molar-refractivity contribution in [2.45, 2.75) is 51.1 Å². The van der Waals surface area contributed by atoms with E-state index in [-0.39, 0.29) is 0 Å². The fourth-order valence-corrected chi connectivity index (χ4v) is 2.94. The molecule has 1 rings (SSSR count). The number of rotatable bonds is 8. The molecule has 0 spiro atoms. The van der Waals surface area contributed by atoms with Crippen LogP contribution in [-0.4, -0.2) is 28.1 Å². The van der Waals surface area contributed by atoms with Crippen LogP contribution < -0.4 is 5.32 Å². The maximum atomic E-state index is 4.35. The Morgan fingerprint density at radius 1 is 1.47 bits per heavy atom. The summed E-state index contributed by atoms with van der Waals surface area (Å²) in [4.78, 5) is 0. The molecule has 0 aliphatic heterocycles. The van der Waals surface area contributed by atoms with Crippen molar-refractivity contribution in [3.8, 4) is 0 Å². The lowest BCUT2D eigenvalue weighted by Crippen LogP contribution is -2.25. The average molecular weight is 255 g/mol. The van der Waals surface area contributed by atoms with E-state index < -0.39 is 0 Å². The molecule has 4 heteroatoms. The highest BCUT2D eigenvalue weighted by molar-refractivity contribution is 7.99. The third-order valence-corrected chi connectivity index (χ3v) is 3.96. The van der Waals surface area contributed by atoms with Crippen molar-refractivity contribution in [2.24, 2.45) is 7.05 Å². The van der Waals surface area contributed by atoms with Gasteiger partial charge >= 0.3 is 0 Å². The number of thioether (sulfide) groups is 1. The number of unbranched alkanes of at least 4 members (excludes halogenated alkanes) is 1. The van der Waals surface area contributed by atoms with E-state index in [1.165, 1.54) is 30.0 Å². The first kappa shape index (κ1) is 14.6. The minimum absolute atomic E-state index is 0.656. The minimum atomic E-state index is 0.656. The number of hydrogen-bond donors (Lipinski definition) is 1. The predicted molar refractivity (Wildman–Crippen MR) is 75.7 cm³/mol. The minimum Gasteiger partial charge on any atom is -0.315 e. The summed E-state index contributed by atoms with van der Waals surface area (Å²) in [6.45, 7) is 7.55. The van der Waals surface area contributed by atoms with Gasteiger partial charge in [0.25, 0.3) is 0 Å². The molecular weight excluding hydrogens is 230 g/mol. The Labute approximate surface area is 109 Å². The van der Waals surface area contributed by atoms with Crippen molar-refractivity contribution in [3.05, 3.63) is 11.8 Å². The summed E-state index contributed by atoms with van der Waals surface area (Å²) in [5.74, 6) is 1.19. The van der Waals surface area contributed by atoms with Crippen molar-refractivity contribution in [1.29, 1.82) is 0 Å². The summed E-state index contributed by atoms with van der Waals surface area (Å²) < 4.78 is 1.97. The second kappa shape index (κ2) is 7.77. The quantitative estimate of drug-likeness (QED) is 0.572. The second-order valence-corrected chi connectivity index (χ2v) is 5.67. The zero-order chi connectivity index (χ0) is 12.7. The van der Waals surface area contributed by atoms with Crippen LogP contribution in [0.3, 0.4) is 0 Å². The fraction of sp³-hybridized carbons (Fsp3) is 0.769. The smallest absolute Gasteiger partial charge is 0.0939 e. The van der Waals surface area contributed by atoms with Crippen molar-refractivity contribution in [2.75, 3.05) is 12.3 Å². The molecule has 1 heterocycles. The van der Waals surface area contributed by atoms with Crippen LogP contribution in [0.4, 0.5) is 0 Å². The van der Waals surface area contributed by atoms with E-state index >= 15 is 0 Å². The lowest BCUT2D eigenvalue weighted by molar-refractivity contribution is 0.510. The zero-order valence-electron chi connectivity index (χ0n) is 11.5. The van der Waals surface area contributed by atoms with E-state index in [2.05, 4.69) is 30.3 Å². The molecule has 0 radical (unpaired) electrons. The summed E-state index contributed by atoms with van der Waals surface area (Å²) in [6, 6.07) is 2.82. The van der Waals surface area contributed by atoms with E-state index in [1.807, 2.05) is 30.4 Å². The van der Waals surface area contributed by atoms with E-state index in [0.717, 1.165) is 12.2 Å². The summed E-state index contributed by atoms with van der Waals surface area (Å²) in [6.07, 6.45) is 3.86. The predicted octanol–water partition coefficient (Wildman–Crippen LogP) is 2.99. The van der Waals surface area contributed by atoms with Gasteiger partial charge in [0.1, 0.15) is 0 Å². The van der Waals surface area contributed by atoms with E-state index in [9.17, 15) is 0 Å². The molecule has 1 N–H and O–H groups in total. The van der Waals surface area contributed by atoms with Gasteiger partial charge in [0.15, 0.2) is 0 Å². The molecule has 1 atom stereocenters. The highest BCUT2D eigenvalue weighted by atomic mass is 32.2. The summed E-state index contributed by atoms with van der Waals surface area (Å²) in [7, 11) is 2.02. The first-order valence-corrected chi connectivity index (χ1v) is 7.49. The molecule has 1 aromatic heterocycles. The monoisotopic (exact) mass is 255 g/mol. The Morgan fingerprint density at radius 2 is 2.24 bits per heavy atom. The van der Waals surface area contributed by atoms with Crippen LogP contribution in [0.25, 0.3) is 0 Å². The average Bonchev–Trinajstić information content (AvgIpc) is 2.57. The molecule has 0 amide bonds. The highest BCUT2D eigenvalue weighted by Crippen LogP contribution is 2.19. The maximum absolute atomic E-state index is 4.35. The van der Waals surface area contributed by atoms with Gasteiger partial charge in [-0.25, -0.2) is 0 Å². The molecular formula is C13H25N3S. The van der Waals surface area contributed by atoms with Gasteiger partial charge in [0.2, 0.25) is 0 Å². The SMILES string of the molecule is CCNC(C)CCCCSc1cc(C)nn1C. The Morgan fingerprint density at radius 3 is 2.82 bits per heavy atom. The lowest BCUT2D eigenvalue weighted by atomic mass is 10.1. The first-order chi connectivity index (χ1) is 8.13. The molecule has 0 bridgehead atoms. The second-order valence-electron chi connectivity index (χ2n) is 4.55. The molecule has 1 unspecified atom stereocenters. The Hall–Kier alpha value is -0.480. The molecule has 0 fully saturated rings. The van der Waals surface area contributed by atoms with Gasteiger partial charge in [0, 0.05) is 13.1 Å². The van der Waals surface area contributed by atoms with Crippen molar-refractivity contribution in [1.82, 2.24) is 15.1 Å². The molecule has 1 aromatic rings. The molecule has 0 aromatic carbocycles. The van der Waals surface area contributed by atoms with Crippen molar-refractivity contribution < 1.29 is 0 Å². The van der Waals surface area contributed by atoms with Gasteiger partial charge in [-0.2, -0.15) is 5.10 Å². The van der Waals surface area contributed by atoms with E-state index in [0.29, 0.717) is 6.04 Å². The van der Waals surface area contributed by atoms with E-state index in [4.69, 9.17) is 0 Å². The molecule has 0 saturated heterocycles. The van der Waals surface area contributed by atoms with Crippen molar-refractivity contribution in [3.63, 3.8) is 0 Å². The van der Waals surface area contributed by atoms with Crippen LogP contribution >= 0.6 is 11.8 Å². The van der Waals surface area contributed by atoms with Gasteiger partial charge in [-0.3, -0.25) is 4.68 Å². The van der Waals surface area contributed by atoms with Crippen LogP contribution in [0, 0.1) is 6.92 Å². The molecule has 0 aliphatic carbocycles. The van der Waals surface area contributed by atoms with Crippen LogP contribution in [0.5, 0.6) is 0 Å². The topological polar surface area (TPSA) is 29.9 Å². The third kappa shape index (κ3) is 5.59. The molecule has 0 aliphatic rings. The summed E-state index contributed by atoms with van der Waals surface area (Å²) in [5, 5.41) is 9.07. The van der Waals surface area contributed by atoms with Crippen LogP contribution in [0.2, 0.25) is 0 Å². The molecule has 0 saturated carbocycles. The summed E-state index contributed by atoms with van der Waals surface area (Å²) in [5.41, 5.74) is 1.11. The van der Waals surface area contributed by atoms with Crippen molar-refractivity contribution >= 4 is 11.8 Å². The number of nitrogens with one attached hydrogen (secondary N) is 1. The number of aryl methyl sites for hydroxylation is 2. The first-order valence-electron chi connectivity index (χ1n) is 6.50. The van der Waals surface area contributed by atoms with Gasteiger partial charge in [-0.05, 0) is 45.1 Å².